The quantitative estimate of drug-likeness (QED) is 0.0987. The molecule has 32 heavy (non-hydrogen) atoms. The molecule has 0 spiro atoms. The summed E-state index contributed by atoms with van der Waals surface area (Å²) >= 11 is 0. The fraction of sp³-hybridized carbons (Fsp3) is 0.842. The smallest absolute Gasteiger partial charge is 0.333 e. The Morgan fingerprint density at radius 2 is 1.38 bits per heavy atom. The Kier molecular flexibility index (Phi) is 12.7. The van der Waals surface area contributed by atoms with Crippen LogP contribution in [0, 0.1) is 0 Å². The van der Waals surface area contributed by atoms with Crippen LogP contribution in [0.5, 0.6) is 0 Å². The Morgan fingerprint density at radius 1 is 0.906 bits per heavy atom. The van der Waals surface area contributed by atoms with Crippen LogP contribution in [0.25, 0.3) is 0 Å². The van der Waals surface area contributed by atoms with E-state index in [2.05, 4.69) is 78.6 Å². The molecule has 0 amide bonds. The van der Waals surface area contributed by atoms with Gasteiger partial charge in [0, 0.05) is 5.57 Å². The van der Waals surface area contributed by atoms with Gasteiger partial charge in [0.1, 0.15) is 25.7 Å². The maximum atomic E-state index is 11.9. The van der Waals surface area contributed by atoms with Crippen LogP contribution in [0.15, 0.2) is 12.2 Å². The van der Waals surface area contributed by atoms with E-state index in [1.165, 1.54) is 0 Å². The van der Waals surface area contributed by atoms with Crippen molar-refractivity contribution >= 4 is 65.6 Å². The highest BCUT2D eigenvalue weighted by molar-refractivity contribution is 7.59. The third-order valence-electron chi connectivity index (χ3n) is 4.88. The first-order valence-electron chi connectivity index (χ1n) is 11.5. The van der Waals surface area contributed by atoms with Crippen molar-refractivity contribution in [2.24, 2.45) is 0 Å². The Bertz CT molecular complexity index is 609. The SMILES string of the molecule is C=C(C)C(=O)OCCC[Si]([SiH2]O[SiH3])(C(O[Si](C)(C)C)O[Si](C)(C)C)[Si](C)(C)O[Si](C)(C)C. The molecular formula is C19H50O6Si7. The number of hydrogen-bond acceptors (Lipinski definition) is 6. The first-order valence-corrected chi connectivity index (χ1v) is 31.7. The monoisotopic (exact) mass is 570 g/mol. The predicted molar refractivity (Wildman–Crippen MR) is 155 cm³/mol. The van der Waals surface area contributed by atoms with Crippen LogP contribution in [0.1, 0.15) is 13.3 Å². The molecule has 0 rings (SSSR count). The average molecular weight is 571 g/mol. The average Bonchev–Trinajstić information content (AvgIpc) is 2.51. The summed E-state index contributed by atoms with van der Waals surface area (Å²) in [7, 11) is -10.2. The number of hydrogen-bond donors (Lipinski definition) is 0. The lowest BCUT2D eigenvalue weighted by Gasteiger charge is -2.51. The van der Waals surface area contributed by atoms with Crippen molar-refractivity contribution in [2.45, 2.75) is 97.3 Å². The number of esters is 1. The summed E-state index contributed by atoms with van der Waals surface area (Å²) in [6, 6.07) is 0.953. The molecular weight excluding hydrogens is 521 g/mol. The minimum absolute atomic E-state index is 0.198. The minimum Gasteiger partial charge on any atom is -0.470 e. The molecule has 1 unspecified atom stereocenters. The first-order chi connectivity index (χ1) is 14.2. The molecule has 0 saturated heterocycles. The van der Waals surface area contributed by atoms with Crippen LogP contribution in [-0.2, 0) is 26.6 Å². The molecule has 0 bridgehead atoms. The van der Waals surface area contributed by atoms with Gasteiger partial charge >= 0.3 is 5.97 Å². The van der Waals surface area contributed by atoms with E-state index in [1.54, 1.807) is 6.92 Å². The van der Waals surface area contributed by atoms with Crippen LogP contribution in [0.3, 0.4) is 0 Å². The molecule has 190 valence electrons. The van der Waals surface area contributed by atoms with Gasteiger partial charge in [0.25, 0.3) is 0 Å². The van der Waals surface area contributed by atoms with E-state index < -0.39 is 49.2 Å². The van der Waals surface area contributed by atoms with E-state index in [0.29, 0.717) is 12.2 Å². The van der Waals surface area contributed by atoms with E-state index in [0.717, 1.165) is 23.0 Å². The zero-order chi connectivity index (χ0) is 25.6. The molecule has 0 saturated carbocycles. The molecule has 0 aromatic carbocycles. The summed E-state index contributed by atoms with van der Waals surface area (Å²) < 4.78 is 32.4. The molecule has 0 aromatic heterocycles. The summed E-state index contributed by atoms with van der Waals surface area (Å²) in [5.41, 5.74) is 0.435. The molecule has 6 nitrogen and oxygen atoms in total. The summed E-state index contributed by atoms with van der Waals surface area (Å²) in [4.78, 5) is 11.9. The van der Waals surface area contributed by atoms with Crippen molar-refractivity contribution in [1.82, 2.24) is 0 Å². The highest BCUT2D eigenvalue weighted by Crippen LogP contribution is 2.35. The Balaban J connectivity index is 6.35. The van der Waals surface area contributed by atoms with Gasteiger partial charge in [0.2, 0.25) is 0 Å². The molecule has 0 aliphatic rings. The molecule has 0 N–H and O–H groups in total. The highest BCUT2D eigenvalue weighted by Gasteiger charge is 2.59. The van der Waals surface area contributed by atoms with Gasteiger partial charge in [0.05, 0.1) is 6.61 Å². The van der Waals surface area contributed by atoms with Crippen molar-refractivity contribution in [3.8, 4) is 0 Å². The van der Waals surface area contributed by atoms with Crippen molar-refractivity contribution in [3.63, 3.8) is 0 Å². The van der Waals surface area contributed by atoms with Crippen LogP contribution in [0.2, 0.25) is 78.1 Å². The summed E-state index contributed by atoms with van der Waals surface area (Å²) in [6.07, 6.45) is 0.787. The fourth-order valence-corrected chi connectivity index (χ4v) is 48.3. The Hall–Kier alpha value is 0.568. The second kappa shape index (κ2) is 12.5. The summed E-state index contributed by atoms with van der Waals surface area (Å²) in [5.74, 6) is -0.520. The lowest BCUT2D eigenvalue weighted by molar-refractivity contribution is -0.138. The van der Waals surface area contributed by atoms with Gasteiger partial charge in [-0.15, -0.1) is 0 Å². The topological polar surface area (TPSA) is 63.2 Å². The van der Waals surface area contributed by atoms with Gasteiger partial charge in [-0.1, -0.05) is 6.58 Å². The van der Waals surface area contributed by atoms with Gasteiger partial charge in [-0.2, -0.15) is 0 Å². The van der Waals surface area contributed by atoms with Crippen LogP contribution < -0.4 is 0 Å². The third-order valence-corrected chi connectivity index (χ3v) is 42.9. The van der Waals surface area contributed by atoms with Crippen molar-refractivity contribution in [2.75, 3.05) is 6.61 Å². The molecule has 1 atom stereocenters. The van der Waals surface area contributed by atoms with Crippen LogP contribution in [-0.4, -0.2) is 78.2 Å². The zero-order valence-corrected chi connectivity index (χ0v) is 31.5. The van der Waals surface area contributed by atoms with E-state index in [9.17, 15) is 4.79 Å². The molecule has 0 aliphatic carbocycles. The fourth-order valence-electron chi connectivity index (χ4n) is 3.71. The Labute approximate surface area is 207 Å². The van der Waals surface area contributed by atoms with E-state index in [1.807, 2.05) is 0 Å². The summed E-state index contributed by atoms with van der Waals surface area (Å²) in [6.45, 7) is 30.7. The third kappa shape index (κ3) is 11.8. The standard InChI is InChI=1S/C19H50O6Si7/c1-17(2)18(20)21-15-14-16-32(27-24-26,31(12,13)25-30(9,10)11)19(22-28(3,4)5)23-29(6,7)8/h19H,1,14-16,27H2,2-13,26H3. The van der Waals surface area contributed by atoms with Gasteiger partial charge < -0.3 is 21.8 Å². The van der Waals surface area contributed by atoms with Crippen molar-refractivity contribution in [3.05, 3.63) is 12.2 Å². The van der Waals surface area contributed by atoms with E-state index >= 15 is 0 Å². The lowest BCUT2D eigenvalue weighted by atomic mass is 10.4. The highest BCUT2D eigenvalue weighted by atomic mass is 29.6. The maximum Gasteiger partial charge on any atom is 0.333 e. The van der Waals surface area contributed by atoms with E-state index in [-0.39, 0.29) is 11.9 Å². The largest absolute Gasteiger partial charge is 0.470 e. The van der Waals surface area contributed by atoms with Gasteiger partial charge in [0.15, 0.2) is 39.9 Å². The number of ether oxygens (including phenoxy) is 1. The van der Waals surface area contributed by atoms with Crippen LogP contribution >= 0.6 is 0 Å². The molecule has 0 fully saturated rings. The zero-order valence-electron chi connectivity index (χ0n) is 23.1. The number of carbonyl (C=O) groups excluding carboxylic acids is 1. The number of rotatable bonds is 15. The first kappa shape index (κ1) is 32.6. The maximum absolute atomic E-state index is 11.9. The molecule has 0 aromatic rings. The lowest BCUT2D eigenvalue weighted by Crippen LogP contribution is -2.76. The van der Waals surface area contributed by atoms with Crippen molar-refractivity contribution < 1.29 is 26.6 Å². The minimum atomic E-state index is -2.27. The summed E-state index contributed by atoms with van der Waals surface area (Å²) in [5, 5.41) is 0. The molecule has 0 radical (unpaired) electrons. The van der Waals surface area contributed by atoms with E-state index in [4.69, 9.17) is 21.8 Å². The second-order valence-corrected chi connectivity index (χ2v) is 48.4. The van der Waals surface area contributed by atoms with Crippen molar-refractivity contribution in [1.29, 1.82) is 0 Å². The Morgan fingerprint density at radius 3 is 1.72 bits per heavy atom. The normalized spacial score (nSPS) is 16.0. The number of carbonyl (C=O) groups is 1. The van der Waals surface area contributed by atoms with Gasteiger partial charge in [-0.05, 0) is 91.4 Å². The predicted octanol–water partition coefficient (Wildman–Crippen LogP) is 3.53. The van der Waals surface area contributed by atoms with Crippen LogP contribution in [0.4, 0.5) is 0 Å². The molecule has 0 heterocycles. The molecule has 0 aliphatic heterocycles. The van der Waals surface area contributed by atoms with Gasteiger partial charge in [-0.25, -0.2) is 4.79 Å². The van der Waals surface area contributed by atoms with Gasteiger partial charge in [-0.3, -0.25) is 0 Å². The molecule has 13 heteroatoms. The second-order valence-electron chi connectivity index (χ2n) is 12.1.